The molecule has 2 heterocycles. The number of hydrogen-bond acceptors (Lipinski definition) is 2. The van der Waals surface area contributed by atoms with Gasteiger partial charge in [-0.2, -0.15) is 0 Å². The molecule has 1 aliphatic rings. The number of hydrogen-bond donors (Lipinski definition) is 0. The van der Waals surface area contributed by atoms with Crippen molar-refractivity contribution in [3.63, 3.8) is 0 Å². The molecule has 1 fully saturated rings. The van der Waals surface area contributed by atoms with Crippen LogP contribution in [0.1, 0.15) is 32.4 Å². The molecule has 0 atom stereocenters. The molecule has 0 aromatic carbocycles. The maximum atomic E-state index is 5.90. The lowest BCUT2D eigenvalue weighted by atomic mass is 9.87. The van der Waals surface area contributed by atoms with Gasteiger partial charge in [-0.25, -0.2) is 4.98 Å². The number of halogens is 1. The first-order chi connectivity index (χ1) is 8.15. The Morgan fingerprint density at radius 3 is 2.65 bits per heavy atom. The van der Waals surface area contributed by atoms with Crippen molar-refractivity contribution in [1.82, 2.24) is 9.88 Å². The van der Waals surface area contributed by atoms with E-state index in [0.717, 1.165) is 24.1 Å². The van der Waals surface area contributed by atoms with Gasteiger partial charge in [0, 0.05) is 6.54 Å². The molecule has 94 valence electrons. The molecule has 0 spiro atoms. The molecule has 0 unspecified atom stereocenters. The first-order valence-electron chi connectivity index (χ1n) is 6.49. The topological polar surface area (TPSA) is 16.1 Å². The molecule has 2 nitrogen and oxygen atoms in total. The molecular weight excluding hydrogens is 232 g/mol. The fourth-order valence-electron chi connectivity index (χ4n) is 2.55. The molecule has 0 radical (unpaired) electrons. The molecular formula is C14H21ClN2. The predicted molar refractivity (Wildman–Crippen MR) is 72.1 cm³/mol. The lowest BCUT2D eigenvalue weighted by Gasteiger charge is -2.33. The minimum absolute atomic E-state index is 0.597. The van der Waals surface area contributed by atoms with E-state index >= 15 is 0 Å². The quantitative estimate of drug-likeness (QED) is 0.764. The molecule has 1 saturated heterocycles. The van der Waals surface area contributed by atoms with Crippen molar-refractivity contribution >= 4 is 11.6 Å². The normalized spacial score (nSPS) is 18.8. The van der Waals surface area contributed by atoms with E-state index < -0.39 is 0 Å². The number of rotatable bonds is 3. The first kappa shape index (κ1) is 12.8. The van der Waals surface area contributed by atoms with Crippen molar-refractivity contribution in [2.45, 2.75) is 33.2 Å². The number of piperidine rings is 1. The van der Waals surface area contributed by atoms with Gasteiger partial charge in [-0.1, -0.05) is 31.5 Å². The lowest BCUT2D eigenvalue weighted by molar-refractivity contribution is 0.150. The summed E-state index contributed by atoms with van der Waals surface area (Å²) in [5.74, 6) is 1.72. The summed E-state index contributed by atoms with van der Waals surface area (Å²) in [7, 11) is 0. The van der Waals surface area contributed by atoms with Crippen molar-refractivity contribution < 1.29 is 0 Å². The SMILES string of the molecule is CC(C)C1CCN(Cc2cccc(Cl)n2)CC1. The standard InChI is InChI=1S/C14H21ClN2/c1-11(2)12-6-8-17(9-7-12)10-13-4-3-5-14(15)16-13/h3-5,11-12H,6-10H2,1-2H3. The molecule has 0 saturated carbocycles. The minimum atomic E-state index is 0.597. The fraction of sp³-hybridized carbons (Fsp3) is 0.643. The third kappa shape index (κ3) is 3.68. The molecule has 0 amide bonds. The average Bonchev–Trinajstić information content (AvgIpc) is 2.29. The van der Waals surface area contributed by atoms with E-state index in [1.54, 1.807) is 0 Å². The van der Waals surface area contributed by atoms with Crippen LogP contribution in [0, 0.1) is 11.8 Å². The van der Waals surface area contributed by atoms with Crippen LogP contribution in [0.15, 0.2) is 18.2 Å². The Bertz CT molecular complexity index is 357. The van der Waals surface area contributed by atoms with E-state index in [1.807, 2.05) is 12.1 Å². The highest BCUT2D eigenvalue weighted by Crippen LogP contribution is 2.25. The van der Waals surface area contributed by atoms with Crippen LogP contribution in [0.3, 0.4) is 0 Å². The summed E-state index contributed by atoms with van der Waals surface area (Å²) >= 11 is 5.90. The first-order valence-corrected chi connectivity index (χ1v) is 6.86. The minimum Gasteiger partial charge on any atom is -0.297 e. The van der Waals surface area contributed by atoms with Crippen LogP contribution in [0.2, 0.25) is 5.15 Å². The van der Waals surface area contributed by atoms with Gasteiger partial charge in [0.05, 0.1) is 5.69 Å². The van der Waals surface area contributed by atoms with Crippen molar-refractivity contribution in [3.8, 4) is 0 Å². The second-order valence-electron chi connectivity index (χ2n) is 5.31. The molecule has 0 bridgehead atoms. The summed E-state index contributed by atoms with van der Waals surface area (Å²) < 4.78 is 0. The Morgan fingerprint density at radius 2 is 2.06 bits per heavy atom. The van der Waals surface area contributed by atoms with Crippen LogP contribution >= 0.6 is 11.6 Å². The van der Waals surface area contributed by atoms with Crippen LogP contribution in [-0.2, 0) is 6.54 Å². The van der Waals surface area contributed by atoms with Gasteiger partial charge >= 0.3 is 0 Å². The Labute approximate surface area is 109 Å². The van der Waals surface area contributed by atoms with Gasteiger partial charge in [0.15, 0.2) is 0 Å². The summed E-state index contributed by atoms with van der Waals surface area (Å²) in [6, 6.07) is 5.86. The summed E-state index contributed by atoms with van der Waals surface area (Å²) in [5.41, 5.74) is 1.08. The highest BCUT2D eigenvalue weighted by molar-refractivity contribution is 6.29. The van der Waals surface area contributed by atoms with Gasteiger partial charge in [-0.3, -0.25) is 4.90 Å². The summed E-state index contributed by atoms with van der Waals surface area (Å²) in [5, 5.41) is 0.597. The van der Waals surface area contributed by atoms with Gasteiger partial charge in [0.2, 0.25) is 0 Å². The van der Waals surface area contributed by atoms with Crippen LogP contribution in [-0.4, -0.2) is 23.0 Å². The van der Waals surface area contributed by atoms with Gasteiger partial charge in [0.1, 0.15) is 5.15 Å². The maximum absolute atomic E-state index is 5.90. The van der Waals surface area contributed by atoms with Crippen LogP contribution in [0.4, 0.5) is 0 Å². The molecule has 1 aromatic heterocycles. The van der Waals surface area contributed by atoms with E-state index in [9.17, 15) is 0 Å². The van der Waals surface area contributed by atoms with Gasteiger partial charge in [-0.15, -0.1) is 0 Å². The molecule has 2 rings (SSSR count). The number of nitrogens with zero attached hydrogens (tertiary/aromatic N) is 2. The van der Waals surface area contributed by atoms with E-state index in [2.05, 4.69) is 29.8 Å². The Kier molecular flexibility index (Phi) is 4.41. The third-order valence-electron chi connectivity index (χ3n) is 3.73. The molecule has 0 N–H and O–H groups in total. The molecule has 3 heteroatoms. The van der Waals surface area contributed by atoms with Crippen LogP contribution in [0.25, 0.3) is 0 Å². The third-order valence-corrected chi connectivity index (χ3v) is 3.94. The number of likely N-dealkylation sites (tertiary alicyclic amines) is 1. The molecule has 17 heavy (non-hydrogen) atoms. The Hall–Kier alpha value is -0.600. The lowest BCUT2D eigenvalue weighted by Crippen LogP contribution is -2.34. The summed E-state index contributed by atoms with van der Waals surface area (Å²) in [6.45, 7) is 7.98. The highest BCUT2D eigenvalue weighted by atomic mass is 35.5. The largest absolute Gasteiger partial charge is 0.297 e. The van der Waals surface area contributed by atoms with E-state index in [0.29, 0.717) is 5.15 Å². The number of pyridine rings is 1. The average molecular weight is 253 g/mol. The van der Waals surface area contributed by atoms with Crippen molar-refractivity contribution in [2.75, 3.05) is 13.1 Å². The van der Waals surface area contributed by atoms with E-state index in [-0.39, 0.29) is 0 Å². The Morgan fingerprint density at radius 1 is 1.35 bits per heavy atom. The Balaban J connectivity index is 1.86. The monoisotopic (exact) mass is 252 g/mol. The maximum Gasteiger partial charge on any atom is 0.129 e. The second-order valence-corrected chi connectivity index (χ2v) is 5.70. The van der Waals surface area contributed by atoms with Gasteiger partial charge in [0.25, 0.3) is 0 Å². The smallest absolute Gasteiger partial charge is 0.129 e. The molecule has 1 aliphatic heterocycles. The zero-order chi connectivity index (χ0) is 12.3. The zero-order valence-electron chi connectivity index (χ0n) is 10.7. The summed E-state index contributed by atoms with van der Waals surface area (Å²) in [6.07, 6.45) is 2.64. The van der Waals surface area contributed by atoms with Gasteiger partial charge in [-0.05, 0) is 49.9 Å². The second kappa shape index (κ2) is 5.83. The molecule has 0 aliphatic carbocycles. The molecule has 1 aromatic rings. The fourth-order valence-corrected chi connectivity index (χ4v) is 2.73. The number of aromatic nitrogens is 1. The van der Waals surface area contributed by atoms with Crippen molar-refractivity contribution in [2.24, 2.45) is 11.8 Å². The van der Waals surface area contributed by atoms with Crippen LogP contribution < -0.4 is 0 Å². The van der Waals surface area contributed by atoms with Crippen molar-refractivity contribution in [1.29, 1.82) is 0 Å². The highest BCUT2D eigenvalue weighted by Gasteiger charge is 2.21. The van der Waals surface area contributed by atoms with E-state index in [4.69, 9.17) is 11.6 Å². The van der Waals surface area contributed by atoms with Gasteiger partial charge < -0.3 is 0 Å². The predicted octanol–water partition coefficient (Wildman–Crippen LogP) is 3.60. The van der Waals surface area contributed by atoms with Crippen LogP contribution in [0.5, 0.6) is 0 Å². The van der Waals surface area contributed by atoms with E-state index in [1.165, 1.54) is 25.9 Å². The van der Waals surface area contributed by atoms with Crippen molar-refractivity contribution in [3.05, 3.63) is 29.0 Å². The zero-order valence-corrected chi connectivity index (χ0v) is 11.5. The summed E-state index contributed by atoms with van der Waals surface area (Å²) in [4.78, 5) is 6.83.